The summed E-state index contributed by atoms with van der Waals surface area (Å²) < 4.78 is 16.8. The smallest absolute Gasteiger partial charge is 0.410 e. The molecule has 0 aromatic rings. The summed E-state index contributed by atoms with van der Waals surface area (Å²) in [4.78, 5) is 13.8. The van der Waals surface area contributed by atoms with E-state index in [1.54, 1.807) is 12.0 Å². The van der Waals surface area contributed by atoms with Crippen molar-refractivity contribution >= 4 is 6.09 Å². The predicted octanol–water partition coefficient (Wildman–Crippen LogP) is 3.22. The summed E-state index contributed by atoms with van der Waals surface area (Å²) in [6.45, 7) is 13.7. The predicted molar refractivity (Wildman–Crippen MR) is 82.5 cm³/mol. The van der Waals surface area contributed by atoms with E-state index in [1.165, 1.54) is 0 Å². The normalized spacial score (nSPS) is 23.5. The van der Waals surface area contributed by atoms with Crippen LogP contribution in [0.3, 0.4) is 0 Å². The minimum absolute atomic E-state index is 0.181. The van der Waals surface area contributed by atoms with E-state index >= 15 is 0 Å². The zero-order chi connectivity index (χ0) is 16.3. The molecule has 1 aliphatic heterocycles. The van der Waals surface area contributed by atoms with Gasteiger partial charge in [-0.3, -0.25) is 0 Å². The minimum Gasteiger partial charge on any atom is -0.444 e. The molecule has 1 unspecified atom stereocenters. The molecule has 0 aliphatic carbocycles. The molecular formula is C16H31NO4. The van der Waals surface area contributed by atoms with Crippen LogP contribution >= 0.6 is 0 Å². The molecule has 5 nitrogen and oxygen atoms in total. The van der Waals surface area contributed by atoms with Crippen molar-refractivity contribution < 1.29 is 19.0 Å². The molecule has 5 heteroatoms. The van der Waals surface area contributed by atoms with E-state index in [9.17, 15) is 4.79 Å². The van der Waals surface area contributed by atoms with Crippen LogP contribution in [0.15, 0.2) is 0 Å². The maximum atomic E-state index is 12.1. The van der Waals surface area contributed by atoms with Crippen molar-refractivity contribution in [1.82, 2.24) is 4.90 Å². The van der Waals surface area contributed by atoms with Crippen molar-refractivity contribution in [3.63, 3.8) is 0 Å². The molecule has 1 atom stereocenters. The number of ether oxygens (including phenoxy) is 3. The number of carbonyl (C=O) groups is 1. The van der Waals surface area contributed by atoms with Crippen molar-refractivity contribution in [2.45, 2.75) is 71.2 Å². The van der Waals surface area contributed by atoms with Gasteiger partial charge in [0, 0.05) is 13.7 Å². The summed E-state index contributed by atoms with van der Waals surface area (Å²) in [5.74, 6) is 0. The molecule has 1 rings (SSSR count). The Morgan fingerprint density at radius 2 is 1.86 bits per heavy atom. The van der Waals surface area contributed by atoms with Crippen LogP contribution in [0.2, 0.25) is 0 Å². The fourth-order valence-electron chi connectivity index (χ4n) is 2.18. The number of nitrogens with zero attached hydrogens (tertiary/aromatic N) is 1. The highest BCUT2D eigenvalue weighted by Gasteiger charge is 2.38. The second kappa shape index (κ2) is 6.53. The van der Waals surface area contributed by atoms with Crippen LogP contribution in [-0.4, -0.2) is 54.6 Å². The zero-order valence-electron chi connectivity index (χ0n) is 14.6. The van der Waals surface area contributed by atoms with Gasteiger partial charge >= 0.3 is 6.09 Å². The molecule has 1 aliphatic rings. The van der Waals surface area contributed by atoms with Crippen LogP contribution in [-0.2, 0) is 14.2 Å². The largest absolute Gasteiger partial charge is 0.444 e. The first-order chi connectivity index (χ1) is 9.46. The molecule has 124 valence electrons. The van der Waals surface area contributed by atoms with E-state index in [4.69, 9.17) is 14.2 Å². The van der Waals surface area contributed by atoms with E-state index in [1.807, 2.05) is 34.6 Å². The summed E-state index contributed by atoms with van der Waals surface area (Å²) in [6, 6.07) is 0. The van der Waals surface area contributed by atoms with E-state index in [0.717, 1.165) is 12.8 Å². The third-order valence-electron chi connectivity index (χ3n) is 3.79. The highest BCUT2D eigenvalue weighted by Crippen LogP contribution is 2.27. The first-order valence-corrected chi connectivity index (χ1v) is 7.63. The standard InChI is InChI=1S/C16H31NO4/c1-14(2,3)21-13(18)17-10-8-16(6,12-17)20-11-9-15(4,5)19-7/h8-12H2,1-7H3. The van der Waals surface area contributed by atoms with Crippen LogP contribution < -0.4 is 0 Å². The Morgan fingerprint density at radius 3 is 2.38 bits per heavy atom. The second-order valence-corrected chi connectivity index (χ2v) is 7.66. The molecule has 1 amide bonds. The zero-order valence-corrected chi connectivity index (χ0v) is 14.6. The number of methoxy groups -OCH3 is 1. The first kappa shape index (κ1) is 18.2. The molecule has 0 spiro atoms. The summed E-state index contributed by atoms with van der Waals surface area (Å²) >= 11 is 0. The lowest BCUT2D eigenvalue weighted by molar-refractivity contribution is -0.0616. The highest BCUT2D eigenvalue weighted by molar-refractivity contribution is 5.68. The molecule has 1 saturated heterocycles. The lowest BCUT2D eigenvalue weighted by atomic mass is 10.0. The summed E-state index contributed by atoms with van der Waals surface area (Å²) in [5, 5.41) is 0. The molecule has 1 fully saturated rings. The number of rotatable bonds is 5. The van der Waals surface area contributed by atoms with Gasteiger partial charge in [-0.25, -0.2) is 4.79 Å². The van der Waals surface area contributed by atoms with Crippen LogP contribution in [0.1, 0.15) is 54.4 Å². The maximum Gasteiger partial charge on any atom is 0.410 e. The van der Waals surface area contributed by atoms with E-state index in [2.05, 4.69) is 6.92 Å². The SMILES string of the molecule is COC(C)(C)CCOC1(C)CCN(C(=O)OC(C)(C)C)C1. The lowest BCUT2D eigenvalue weighted by Crippen LogP contribution is -2.39. The molecule has 0 radical (unpaired) electrons. The molecular weight excluding hydrogens is 270 g/mol. The number of hydrogen-bond acceptors (Lipinski definition) is 4. The Morgan fingerprint density at radius 1 is 1.24 bits per heavy atom. The molecule has 1 heterocycles. The summed E-state index contributed by atoms with van der Waals surface area (Å²) in [6.07, 6.45) is 1.40. The number of hydrogen-bond donors (Lipinski definition) is 0. The Kier molecular flexibility index (Phi) is 5.67. The quantitative estimate of drug-likeness (QED) is 0.782. The molecule has 21 heavy (non-hydrogen) atoms. The van der Waals surface area contributed by atoms with Crippen LogP contribution in [0.5, 0.6) is 0 Å². The van der Waals surface area contributed by atoms with Crippen molar-refractivity contribution in [2.24, 2.45) is 0 Å². The van der Waals surface area contributed by atoms with Gasteiger partial charge in [0.2, 0.25) is 0 Å². The van der Waals surface area contributed by atoms with Gasteiger partial charge in [-0.1, -0.05) is 0 Å². The van der Waals surface area contributed by atoms with E-state index in [-0.39, 0.29) is 17.3 Å². The van der Waals surface area contributed by atoms with Crippen LogP contribution in [0.25, 0.3) is 0 Å². The van der Waals surface area contributed by atoms with Gasteiger partial charge in [-0.15, -0.1) is 0 Å². The number of carbonyl (C=O) groups excluding carboxylic acids is 1. The van der Waals surface area contributed by atoms with Gasteiger partial charge in [-0.05, 0) is 54.4 Å². The van der Waals surface area contributed by atoms with E-state index < -0.39 is 5.60 Å². The van der Waals surface area contributed by atoms with Gasteiger partial charge in [0.05, 0.1) is 24.4 Å². The van der Waals surface area contributed by atoms with Crippen LogP contribution in [0.4, 0.5) is 4.79 Å². The Labute approximate surface area is 128 Å². The van der Waals surface area contributed by atoms with E-state index in [0.29, 0.717) is 19.7 Å². The molecule has 0 saturated carbocycles. The third kappa shape index (κ3) is 6.22. The Balaban J connectivity index is 2.43. The average Bonchev–Trinajstić information content (AvgIpc) is 2.70. The van der Waals surface area contributed by atoms with Gasteiger partial charge in [-0.2, -0.15) is 0 Å². The van der Waals surface area contributed by atoms with Crippen LogP contribution in [0, 0.1) is 0 Å². The first-order valence-electron chi connectivity index (χ1n) is 7.63. The van der Waals surface area contributed by atoms with Crippen molar-refractivity contribution in [1.29, 1.82) is 0 Å². The number of amides is 1. The average molecular weight is 301 g/mol. The molecule has 0 aromatic carbocycles. The van der Waals surface area contributed by atoms with Gasteiger partial charge < -0.3 is 19.1 Å². The lowest BCUT2D eigenvalue weighted by Gasteiger charge is -2.29. The highest BCUT2D eigenvalue weighted by atomic mass is 16.6. The minimum atomic E-state index is -0.459. The van der Waals surface area contributed by atoms with Crippen molar-refractivity contribution in [2.75, 3.05) is 26.8 Å². The molecule has 0 aromatic heterocycles. The molecule has 0 bridgehead atoms. The monoisotopic (exact) mass is 301 g/mol. The fourth-order valence-corrected chi connectivity index (χ4v) is 2.18. The van der Waals surface area contributed by atoms with Gasteiger partial charge in [0.1, 0.15) is 5.60 Å². The van der Waals surface area contributed by atoms with Gasteiger partial charge in [0.25, 0.3) is 0 Å². The molecule has 0 N–H and O–H groups in total. The van der Waals surface area contributed by atoms with Crippen molar-refractivity contribution in [3.05, 3.63) is 0 Å². The number of likely N-dealkylation sites (tertiary alicyclic amines) is 1. The second-order valence-electron chi connectivity index (χ2n) is 7.66. The van der Waals surface area contributed by atoms with Gasteiger partial charge in [0.15, 0.2) is 0 Å². The van der Waals surface area contributed by atoms with Crippen molar-refractivity contribution in [3.8, 4) is 0 Å². The topological polar surface area (TPSA) is 48.0 Å². The maximum absolute atomic E-state index is 12.1. The summed E-state index contributed by atoms with van der Waals surface area (Å²) in [7, 11) is 1.71. The fraction of sp³-hybridized carbons (Fsp3) is 0.938. The third-order valence-corrected chi connectivity index (χ3v) is 3.79. The Hall–Kier alpha value is -0.810. The Bertz CT molecular complexity index is 362. The summed E-state index contributed by atoms with van der Waals surface area (Å²) in [5.41, 5.74) is -0.931.